The van der Waals surface area contributed by atoms with E-state index in [0.29, 0.717) is 18.0 Å². The van der Waals surface area contributed by atoms with Gasteiger partial charge in [0.2, 0.25) is 5.43 Å². The van der Waals surface area contributed by atoms with Gasteiger partial charge in [-0.05, 0) is 23.6 Å². The number of aromatic nitrogens is 1. The highest BCUT2D eigenvalue weighted by molar-refractivity contribution is 5.88. The van der Waals surface area contributed by atoms with Gasteiger partial charge in [0.25, 0.3) is 0 Å². The summed E-state index contributed by atoms with van der Waals surface area (Å²) in [5.41, 5.74) is -0.0795. The molecule has 5 heteroatoms. The first-order valence-electron chi connectivity index (χ1n) is 6.62. The minimum Gasteiger partial charge on any atom is -0.477 e. The van der Waals surface area contributed by atoms with Gasteiger partial charge in [0, 0.05) is 24.5 Å². The van der Waals surface area contributed by atoms with E-state index in [4.69, 9.17) is 5.11 Å². The number of carboxylic acid groups (broad SMARTS) is 1. The summed E-state index contributed by atoms with van der Waals surface area (Å²) in [7, 11) is 0. The zero-order chi connectivity index (χ0) is 15.6. The highest BCUT2D eigenvalue weighted by Gasteiger charge is 2.15. The van der Waals surface area contributed by atoms with Crippen molar-refractivity contribution in [1.82, 2.24) is 4.57 Å². The third kappa shape index (κ3) is 3.37. The van der Waals surface area contributed by atoms with E-state index in [9.17, 15) is 14.0 Å². The molecule has 0 radical (unpaired) electrons. The summed E-state index contributed by atoms with van der Waals surface area (Å²) in [5, 5.41) is 9.17. The molecule has 1 heterocycles. The van der Waals surface area contributed by atoms with Gasteiger partial charge in [-0.3, -0.25) is 4.79 Å². The van der Waals surface area contributed by atoms with Gasteiger partial charge in [-0.2, -0.15) is 0 Å². The van der Waals surface area contributed by atoms with E-state index in [0.717, 1.165) is 0 Å². The fourth-order valence-corrected chi connectivity index (χ4v) is 2.15. The Balaban J connectivity index is 2.63. The number of hydrogen-bond donors (Lipinski definition) is 1. The Morgan fingerprint density at radius 1 is 1.24 bits per heavy atom. The lowest BCUT2D eigenvalue weighted by Gasteiger charge is -2.13. The van der Waals surface area contributed by atoms with Crippen molar-refractivity contribution in [3.05, 3.63) is 58.3 Å². The second-order valence-electron chi connectivity index (χ2n) is 5.32. The number of hydrogen-bond acceptors (Lipinski definition) is 2. The number of rotatable bonds is 4. The normalized spacial score (nSPS) is 10.9. The second kappa shape index (κ2) is 5.91. The molecule has 1 aromatic carbocycles. The first-order chi connectivity index (χ1) is 9.88. The van der Waals surface area contributed by atoms with Crippen LogP contribution in [0, 0.1) is 11.7 Å². The molecular weight excluding hydrogens is 273 g/mol. The van der Waals surface area contributed by atoms with Gasteiger partial charge < -0.3 is 9.67 Å². The Hall–Kier alpha value is -2.43. The summed E-state index contributed by atoms with van der Waals surface area (Å²) >= 11 is 0. The third-order valence-electron chi connectivity index (χ3n) is 3.04. The first-order valence-corrected chi connectivity index (χ1v) is 6.62. The maximum atomic E-state index is 13.0. The standard InChI is InChI=1S/C16H16FNO3/c1-10(2)7-18-8-13(11-3-5-12(17)6-4-11)15(19)14(9-18)16(20)21/h3-6,8-10H,7H2,1-2H3,(H,20,21). The number of aromatic carboxylic acids is 1. The lowest BCUT2D eigenvalue weighted by molar-refractivity contribution is 0.0694. The van der Waals surface area contributed by atoms with Gasteiger partial charge in [0.15, 0.2) is 0 Å². The zero-order valence-corrected chi connectivity index (χ0v) is 11.8. The van der Waals surface area contributed by atoms with Crippen molar-refractivity contribution < 1.29 is 14.3 Å². The van der Waals surface area contributed by atoms with Crippen LogP contribution >= 0.6 is 0 Å². The van der Waals surface area contributed by atoms with Crippen LogP contribution in [0.25, 0.3) is 11.1 Å². The van der Waals surface area contributed by atoms with Crippen molar-refractivity contribution in [3.8, 4) is 11.1 Å². The molecular formula is C16H16FNO3. The molecule has 0 aliphatic heterocycles. The fraction of sp³-hybridized carbons (Fsp3) is 0.250. The predicted molar refractivity (Wildman–Crippen MR) is 77.9 cm³/mol. The van der Waals surface area contributed by atoms with Crippen molar-refractivity contribution in [2.24, 2.45) is 5.92 Å². The molecule has 0 aliphatic carbocycles. The molecule has 0 unspecified atom stereocenters. The summed E-state index contributed by atoms with van der Waals surface area (Å²) < 4.78 is 14.7. The molecule has 1 aromatic heterocycles. The smallest absolute Gasteiger partial charge is 0.341 e. The molecule has 0 bridgehead atoms. The van der Waals surface area contributed by atoms with Crippen LogP contribution in [0.5, 0.6) is 0 Å². The largest absolute Gasteiger partial charge is 0.477 e. The van der Waals surface area contributed by atoms with Crippen LogP contribution in [-0.4, -0.2) is 15.6 Å². The Kier molecular flexibility index (Phi) is 4.21. The van der Waals surface area contributed by atoms with Crippen LogP contribution in [0.4, 0.5) is 4.39 Å². The number of nitrogens with zero attached hydrogens (tertiary/aromatic N) is 1. The van der Waals surface area contributed by atoms with E-state index in [2.05, 4.69) is 0 Å². The summed E-state index contributed by atoms with van der Waals surface area (Å²) in [5.74, 6) is -1.37. The predicted octanol–water partition coefficient (Wildman–Crippen LogP) is 3.01. The molecule has 0 saturated carbocycles. The van der Waals surface area contributed by atoms with E-state index >= 15 is 0 Å². The Morgan fingerprint density at radius 2 is 1.86 bits per heavy atom. The van der Waals surface area contributed by atoms with E-state index in [1.165, 1.54) is 30.5 Å². The molecule has 0 amide bonds. The van der Waals surface area contributed by atoms with Gasteiger partial charge in [0.1, 0.15) is 11.4 Å². The minimum absolute atomic E-state index is 0.260. The Morgan fingerprint density at radius 3 is 2.38 bits per heavy atom. The SMILES string of the molecule is CC(C)Cn1cc(C(=O)O)c(=O)c(-c2ccc(F)cc2)c1. The van der Waals surface area contributed by atoms with Crippen LogP contribution in [-0.2, 0) is 6.54 Å². The van der Waals surface area contributed by atoms with E-state index in [1.54, 1.807) is 10.8 Å². The quantitative estimate of drug-likeness (QED) is 0.941. The van der Waals surface area contributed by atoms with Crippen molar-refractivity contribution in [2.45, 2.75) is 20.4 Å². The lowest BCUT2D eigenvalue weighted by Crippen LogP contribution is -2.20. The van der Waals surface area contributed by atoms with Gasteiger partial charge in [0.05, 0.1) is 0 Å². The molecule has 2 aromatic rings. The topological polar surface area (TPSA) is 59.3 Å². The molecule has 0 spiro atoms. The maximum Gasteiger partial charge on any atom is 0.341 e. The Bertz CT molecular complexity index is 717. The lowest BCUT2D eigenvalue weighted by atomic mass is 10.0. The van der Waals surface area contributed by atoms with Gasteiger partial charge in [-0.1, -0.05) is 26.0 Å². The van der Waals surface area contributed by atoms with Crippen LogP contribution < -0.4 is 5.43 Å². The molecule has 0 fully saturated rings. The van der Waals surface area contributed by atoms with Crippen LogP contribution in [0.15, 0.2) is 41.5 Å². The number of benzene rings is 1. The second-order valence-corrected chi connectivity index (χ2v) is 5.32. The van der Waals surface area contributed by atoms with Crippen LogP contribution in [0.1, 0.15) is 24.2 Å². The van der Waals surface area contributed by atoms with Crippen LogP contribution in [0.3, 0.4) is 0 Å². The molecule has 21 heavy (non-hydrogen) atoms. The molecule has 0 aliphatic rings. The maximum absolute atomic E-state index is 13.0. The van der Waals surface area contributed by atoms with Crippen molar-refractivity contribution in [3.63, 3.8) is 0 Å². The minimum atomic E-state index is -1.26. The first kappa shape index (κ1) is 15.0. The van der Waals surface area contributed by atoms with E-state index < -0.39 is 17.2 Å². The molecule has 2 rings (SSSR count). The van der Waals surface area contributed by atoms with Gasteiger partial charge >= 0.3 is 5.97 Å². The van der Waals surface area contributed by atoms with E-state index in [1.807, 2.05) is 13.8 Å². The zero-order valence-electron chi connectivity index (χ0n) is 11.8. The molecule has 1 N–H and O–H groups in total. The van der Waals surface area contributed by atoms with Crippen LogP contribution in [0.2, 0.25) is 0 Å². The van der Waals surface area contributed by atoms with Crippen molar-refractivity contribution >= 4 is 5.97 Å². The monoisotopic (exact) mass is 289 g/mol. The van der Waals surface area contributed by atoms with Crippen molar-refractivity contribution in [1.29, 1.82) is 0 Å². The van der Waals surface area contributed by atoms with Gasteiger partial charge in [-0.25, -0.2) is 9.18 Å². The third-order valence-corrected chi connectivity index (χ3v) is 3.04. The average Bonchev–Trinajstić information content (AvgIpc) is 2.40. The van der Waals surface area contributed by atoms with Crippen molar-refractivity contribution in [2.75, 3.05) is 0 Å². The number of halogens is 1. The molecule has 0 saturated heterocycles. The molecule has 0 atom stereocenters. The summed E-state index contributed by atoms with van der Waals surface area (Å²) in [6, 6.07) is 5.43. The number of carbonyl (C=O) groups is 1. The number of carboxylic acids is 1. The fourth-order valence-electron chi connectivity index (χ4n) is 2.15. The highest BCUT2D eigenvalue weighted by atomic mass is 19.1. The summed E-state index contributed by atoms with van der Waals surface area (Å²) in [6.45, 7) is 4.58. The number of pyridine rings is 1. The Labute approximate surface area is 121 Å². The van der Waals surface area contributed by atoms with Gasteiger partial charge in [-0.15, -0.1) is 0 Å². The average molecular weight is 289 g/mol. The summed E-state index contributed by atoms with van der Waals surface area (Å²) in [6.07, 6.45) is 2.96. The molecule has 110 valence electrons. The molecule has 4 nitrogen and oxygen atoms in total. The highest BCUT2D eigenvalue weighted by Crippen LogP contribution is 2.17. The summed E-state index contributed by atoms with van der Waals surface area (Å²) in [4.78, 5) is 23.5. The van der Waals surface area contributed by atoms with E-state index in [-0.39, 0.29) is 11.1 Å².